The van der Waals surface area contributed by atoms with Crippen molar-refractivity contribution in [2.24, 2.45) is 0 Å². The number of benzene rings is 2. The van der Waals surface area contributed by atoms with Crippen molar-refractivity contribution in [2.75, 3.05) is 13.1 Å². The Morgan fingerprint density at radius 1 is 1.10 bits per heavy atom. The minimum Gasteiger partial charge on any atom is -0.504 e. The van der Waals surface area contributed by atoms with Gasteiger partial charge in [0.25, 0.3) is 0 Å². The lowest BCUT2D eigenvalue weighted by Gasteiger charge is -2.24. The Morgan fingerprint density at radius 3 is 2.71 bits per heavy atom. The van der Waals surface area contributed by atoms with Gasteiger partial charge < -0.3 is 15.2 Å². The van der Waals surface area contributed by atoms with Gasteiger partial charge in [-0.05, 0) is 31.0 Å². The van der Waals surface area contributed by atoms with Crippen LogP contribution in [-0.4, -0.2) is 18.2 Å². The molecule has 1 saturated heterocycles. The normalized spacial score (nSPS) is 18.4. The third kappa shape index (κ3) is 3.37. The molecule has 1 atom stereocenters. The molecule has 0 radical (unpaired) electrons. The molecule has 2 aromatic carbocycles. The fraction of sp³-hybridized carbons (Fsp3) is 0.333. The lowest BCUT2D eigenvalue weighted by Crippen LogP contribution is -2.28. The van der Waals surface area contributed by atoms with Crippen molar-refractivity contribution in [2.45, 2.75) is 25.4 Å². The lowest BCUT2D eigenvalue weighted by molar-refractivity contribution is 0.286. The predicted octanol–water partition coefficient (Wildman–Crippen LogP) is 3.44. The molecule has 3 heteroatoms. The second-order valence-electron chi connectivity index (χ2n) is 5.51. The van der Waals surface area contributed by atoms with E-state index in [4.69, 9.17) is 4.74 Å². The van der Waals surface area contributed by atoms with E-state index in [-0.39, 0.29) is 0 Å². The number of phenols is 1. The molecule has 21 heavy (non-hydrogen) atoms. The van der Waals surface area contributed by atoms with Gasteiger partial charge in [-0.2, -0.15) is 0 Å². The summed E-state index contributed by atoms with van der Waals surface area (Å²) < 4.78 is 5.78. The molecule has 1 fully saturated rings. The van der Waals surface area contributed by atoms with E-state index in [1.807, 2.05) is 48.5 Å². The Labute approximate surface area is 125 Å². The summed E-state index contributed by atoms with van der Waals surface area (Å²) in [6.45, 7) is 2.47. The Balaban J connectivity index is 1.73. The Bertz CT molecular complexity index is 577. The molecule has 0 spiro atoms. The Morgan fingerprint density at radius 2 is 1.95 bits per heavy atom. The number of nitrogens with one attached hydrogen (secondary N) is 1. The van der Waals surface area contributed by atoms with Gasteiger partial charge in [0.1, 0.15) is 6.61 Å². The van der Waals surface area contributed by atoms with E-state index in [1.165, 1.54) is 0 Å². The van der Waals surface area contributed by atoms with Crippen LogP contribution in [0.15, 0.2) is 48.5 Å². The second kappa shape index (κ2) is 6.64. The quantitative estimate of drug-likeness (QED) is 0.903. The summed E-state index contributed by atoms with van der Waals surface area (Å²) in [5.74, 6) is 1.24. The van der Waals surface area contributed by atoms with E-state index in [9.17, 15) is 5.11 Å². The van der Waals surface area contributed by atoms with Gasteiger partial charge in [-0.15, -0.1) is 0 Å². The summed E-state index contributed by atoms with van der Waals surface area (Å²) in [5, 5.41) is 13.9. The van der Waals surface area contributed by atoms with E-state index < -0.39 is 0 Å². The summed E-state index contributed by atoms with van der Waals surface area (Å²) >= 11 is 0. The maximum atomic E-state index is 10.5. The monoisotopic (exact) mass is 283 g/mol. The van der Waals surface area contributed by atoms with Crippen LogP contribution in [-0.2, 0) is 6.61 Å². The molecule has 1 aliphatic rings. The van der Waals surface area contributed by atoms with Crippen LogP contribution >= 0.6 is 0 Å². The molecule has 2 N–H and O–H groups in total. The van der Waals surface area contributed by atoms with Crippen molar-refractivity contribution in [1.29, 1.82) is 0 Å². The first-order valence-electron chi connectivity index (χ1n) is 7.54. The highest BCUT2D eigenvalue weighted by atomic mass is 16.5. The molecule has 110 valence electrons. The van der Waals surface area contributed by atoms with E-state index in [2.05, 4.69) is 5.32 Å². The minimum absolute atomic E-state index is 0.294. The van der Waals surface area contributed by atoms with E-state index in [1.54, 1.807) is 0 Å². The number of ether oxygens (including phenoxy) is 1. The maximum Gasteiger partial charge on any atom is 0.161 e. The summed E-state index contributed by atoms with van der Waals surface area (Å²) in [4.78, 5) is 0. The fourth-order valence-electron chi connectivity index (χ4n) is 2.84. The smallest absolute Gasteiger partial charge is 0.161 e. The molecule has 0 bridgehead atoms. The third-order valence-electron chi connectivity index (χ3n) is 4.00. The minimum atomic E-state index is 0.294. The van der Waals surface area contributed by atoms with Crippen LogP contribution in [0, 0.1) is 0 Å². The summed E-state index contributed by atoms with van der Waals surface area (Å²) in [6, 6.07) is 15.8. The van der Waals surface area contributed by atoms with Crippen LogP contribution < -0.4 is 10.1 Å². The van der Waals surface area contributed by atoms with Gasteiger partial charge in [-0.25, -0.2) is 0 Å². The first-order chi connectivity index (χ1) is 10.3. The van der Waals surface area contributed by atoms with Crippen LogP contribution in [0.5, 0.6) is 11.5 Å². The van der Waals surface area contributed by atoms with Gasteiger partial charge in [0.15, 0.2) is 11.5 Å². The van der Waals surface area contributed by atoms with Crippen molar-refractivity contribution < 1.29 is 9.84 Å². The third-order valence-corrected chi connectivity index (χ3v) is 4.00. The molecule has 0 saturated carbocycles. The molecular weight excluding hydrogens is 262 g/mol. The van der Waals surface area contributed by atoms with Gasteiger partial charge in [0.05, 0.1) is 0 Å². The zero-order valence-electron chi connectivity index (χ0n) is 12.1. The maximum absolute atomic E-state index is 10.5. The summed E-state index contributed by atoms with van der Waals surface area (Å²) in [7, 11) is 0. The summed E-state index contributed by atoms with van der Waals surface area (Å²) in [5.41, 5.74) is 2.09. The number of rotatable bonds is 4. The van der Waals surface area contributed by atoms with Crippen molar-refractivity contribution in [3.05, 3.63) is 59.7 Å². The van der Waals surface area contributed by atoms with Crippen LogP contribution in [0.1, 0.15) is 29.9 Å². The topological polar surface area (TPSA) is 41.5 Å². The average Bonchev–Trinajstić information content (AvgIpc) is 2.56. The van der Waals surface area contributed by atoms with E-state index in [0.717, 1.165) is 37.1 Å². The fourth-order valence-corrected chi connectivity index (χ4v) is 2.84. The molecule has 0 aromatic heterocycles. The van der Waals surface area contributed by atoms with Gasteiger partial charge >= 0.3 is 0 Å². The molecule has 0 aliphatic carbocycles. The van der Waals surface area contributed by atoms with Crippen LogP contribution in [0.4, 0.5) is 0 Å². The molecule has 2 aromatic rings. The highest BCUT2D eigenvalue weighted by molar-refractivity contribution is 5.47. The average molecular weight is 283 g/mol. The number of hydrogen-bond donors (Lipinski definition) is 2. The molecule has 1 unspecified atom stereocenters. The standard InChI is InChI=1S/C18H21NO2/c20-18-16(15-8-5-11-19-12-15)9-4-10-17(18)21-13-14-6-2-1-3-7-14/h1-4,6-7,9-10,15,19-20H,5,8,11-13H2. The van der Waals surface area contributed by atoms with Crippen molar-refractivity contribution in [1.82, 2.24) is 5.32 Å². The van der Waals surface area contributed by atoms with Crippen molar-refractivity contribution in [3.63, 3.8) is 0 Å². The Hall–Kier alpha value is -2.00. The second-order valence-corrected chi connectivity index (χ2v) is 5.51. The number of hydrogen-bond acceptors (Lipinski definition) is 3. The number of aromatic hydroxyl groups is 1. The first-order valence-corrected chi connectivity index (χ1v) is 7.54. The zero-order chi connectivity index (χ0) is 14.5. The SMILES string of the molecule is Oc1c(OCc2ccccc2)cccc1C1CCCNC1. The molecule has 3 nitrogen and oxygen atoms in total. The number of phenolic OH excluding ortho intramolecular Hbond substituents is 1. The van der Waals surface area contributed by atoms with Gasteiger partial charge in [0, 0.05) is 18.0 Å². The molecule has 1 heterocycles. The first kappa shape index (κ1) is 14.0. The number of piperidine rings is 1. The van der Waals surface area contributed by atoms with Gasteiger partial charge in [-0.3, -0.25) is 0 Å². The van der Waals surface area contributed by atoms with E-state index in [0.29, 0.717) is 24.0 Å². The molecular formula is C18H21NO2. The van der Waals surface area contributed by atoms with Crippen molar-refractivity contribution in [3.8, 4) is 11.5 Å². The zero-order valence-corrected chi connectivity index (χ0v) is 12.1. The Kier molecular flexibility index (Phi) is 4.41. The van der Waals surface area contributed by atoms with E-state index >= 15 is 0 Å². The van der Waals surface area contributed by atoms with Gasteiger partial charge in [-0.1, -0.05) is 42.5 Å². The van der Waals surface area contributed by atoms with Crippen LogP contribution in [0.25, 0.3) is 0 Å². The highest BCUT2D eigenvalue weighted by Crippen LogP contribution is 2.37. The van der Waals surface area contributed by atoms with Crippen LogP contribution in [0.2, 0.25) is 0 Å². The summed E-state index contributed by atoms with van der Waals surface area (Å²) in [6.07, 6.45) is 2.27. The largest absolute Gasteiger partial charge is 0.504 e. The highest BCUT2D eigenvalue weighted by Gasteiger charge is 2.20. The molecule has 1 aliphatic heterocycles. The van der Waals surface area contributed by atoms with Crippen molar-refractivity contribution >= 4 is 0 Å². The lowest BCUT2D eigenvalue weighted by atomic mass is 9.91. The van der Waals surface area contributed by atoms with Crippen LogP contribution in [0.3, 0.4) is 0 Å². The number of para-hydroxylation sites is 1. The predicted molar refractivity (Wildman–Crippen MR) is 83.7 cm³/mol. The van der Waals surface area contributed by atoms with Gasteiger partial charge in [0.2, 0.25) is 0 Å². The molecule has 3 rings (SSSR count). The molecule has 0 amide bonds.